The molecule has 3 nitrogen and oxygen atoms in total. The number of fused-ring (bicyclic) bond motifs is 1. The van der Waals surface area contributed by atoms with Crippen LogP contribution in [0.1, 0.15) is 30.4 Å². The summed E-state index contributed by atoms with van der Waals surface area (Å²) in [6, 6.07) is 14.1. The van der Waals surface area contributed by atoms with E-state index in [4.69, 9.17) is 23.2 Å². The van der Waals surface area contributed by atoms with E-state index in [2.05, 4.69) is 35.3 Å². The molecule has 0 radical (unpaired) electrons. The molecule has 5 heteroatoms. The number of rotatable bonds is 5. The minimum absolute atomic E-state index is 0.222. The maximum Gasteiger partial charge on any atom is 0.222 e. The predicted molar refractivity (Wildman–Crippen MR) is 117 cm³/mol. The molecule has 0 saturated carbocycles. The minimum atomic E-state index is 0.222. The van der Waals surface area contributed by atoms with Gasteiger partial charge >= 0.3 is 0 Å². The average molecular weight is 413 g/mol. The van der Waals surface area contributed by atoms with Crippen molar-refractivity contribution in [3.05, 3.63) is 75.9 Å². The average Bonchev–Trinajstić information content (AvgIpc) is 3.12. The first-order valence-corrected chi connectivity index (χ1v) is 10.3. The topological polar surface area (TPSA) is 36.1 Å². The van der Waals surface area contributed by atoms with Crippen molar-refractivity contribution in [2.45, 2.75) is 25.7 Å². The maximum atomic E-state index is 12.6. The monoisotopic (exact) mass is 412 g/mol. The lowest BCUT2D eigenvalue weighted by Gasteiger charge is -2.26. The van der Waals surface area contributed by atoms with Crippen LogP contribution >= 0.6 is 23.2 Å². The van der Waals surface area contributed by atoms with Gasteiger partial charge in [-0.3, -0.25) is 4.79 Å². The van der Waals surface area contributed by atoms with E-state index in [1.165, 1.54) is 11.1 Å². The van der Waals surface area contributed by atoms with Crippen LogP contribution < -0.4 is 0 Å². The molecule has 1 aliphatic rings. The van der Waals surface area contributed by atoms with Crippen LogP contribution in [0.3, 0.4) is 0 Å². The van der Waals surface area contributed by atoms with Crippen molar-refractivity contribution in [1.82, 2.24) is 9.88 Å². The van der Waals surface area contributed by atoms with E-state index in [1.54, 1.807) is 6.07 Å². The Morgan fingerprint density at radius 3 is 2.71 bits per heavy atom. The molecule has 3 aromatic rings. The Morgan fingerprint density at radius 2 is 1.96 bits per heavy atom. The summed E-state index contributed by atoms with van der Waals surface area (Å²) in [4.78, 5) is 17.8. The van der Waals surface area contributed by atoms with Gasteiger partial charge in [-0.1, -0.05) is 59.6 Å². The Hall–Kier alpha value is -2.23. The fourth-order valence-electron chi connectivity index (χ4n) is 3.82. The molecule has 28 heavy (non-hydrogen) atoms. The fraction of sp³-hybridized carbons (Fsp3) is 0.261. The summed E-state index contributed by atoms with van der Waals surface area (Å²) in [5, 5.41) is 2.29. The van der Waals surface area contributed by atoms with Crippen molar-refractivity contribution in [2.75, 3.05) is 13.1 Å². The number of aromatic nitrogens is 1. The molecule has 0 saturated heterocycles. The van der Waals surface area contributed by atoms with E-state index in [-0.39, 0.29) is 5.91 Å². The summed E-state index contributed by atoms with van der Waals surface area (Å²) >= 11 is 12.4. The van der Waals surface area contributed by atoms with Crippen LogP contribution in [-0.2, 0) is 11.2 Å². The highest BCUT2D eigenvalue weighted by Crippen LogP contribution is 2.30. The molecule has 2 aromatic carbocycles. The zero-order valence-corrected chi connectivity index (χ0v) is 17.1. The second-order valence-electron chi connectivity index (χ2n) is 7.16. The van der Waals surface area contributed by atoms with Crippen LogP contribution in [0, 0.1) is 0 Å². The first kappa shape index (κ1) is 19.1. The molecule has 0 bridgehead atoms. The van der Waals surface area contributed by atoms with E-state index in [0.29, 0.717) is 23.0 Å². The normalized spacial score (nSPS) is 14.4. The van der Waals surface area contributed by atoms with Crippen LogP contribution in [0.15, 0.2) is 54.7 Å². The van der Waals surface area contributed by atoms with Crippen molar-refractivity contribution < 1.29 is 4.79 Å². The highest BCUT2D eigenvalue weighted by atomic mass is 35.5. The molecule has 0 unspecified atom stereocenters. The number of aromatic amines is 1. The Balaban J connectivity index is 1.33. The highest BCUT2D eigenvalue weighted by molar-refractivity contribution is 6.38. The predicted octanol–water partition coefficient (Wildman–Crippen LogP) is 6.11. The number of H-pyrrole nitrogens is 1. The molecule has 1 amide bonds. The number of nitrogens with one attached hydrogen (secondary N) is 1. The summed E-state index contributed by atoms with van der Waals surface area (Å²) in [5.41, 5.74) is 4.64. The second kappa shape index (κ2) is 8.42. The highest BCUT2D eigenvalue weighted by Gasteiger charge is 2.18. The van der Waals surface area contributed by atoms with Gasteiger partial charge in [0.25, 0.3) is 0 Å². The zero-order valence-electron chi connectivity index (χ0n) is 15.6. The van der Waals surface area contributed by atoms with Crippen molar-refractivity contribution in [3.8, 4) is 0 Å². The van der Waals surface area contributed by atoms with Crippen LogP contribution in [0.2, 0.25) is 10.0 Å². The van der Waals surface area contributed by atoms with E-state index < -0.39 is 0 Å². The summed E-state index contributed by atoms with van der Waals surface area (Å²) in [7, 11) is 0. The summed E-state index contributed by atoms with van der Waals surface area (Å²) < 4.78 is 0. The minimum Gasteiger partial charge on any atom is -0.360 e. The van der Waals surface area contributed by atoms with E-state index >= 15 is 0 Å². The quantitative estimate of drug-likeness (QED) is 0.538. The third-order valence-electron chi connectivity index (χ3n) is 5.33. The second-order valence-corrected chi connectivity index (χ2v) is 8.01. The van der Waals surface area contributed by atoms with Crippen molar-refractivity contribution >= 4 is 45.6 Å². The molecule has 0 spiro atoms. The maximum absolute atomic E-state index is 12.6. The van der Waals surface area contributed by atoms with Gasteiger partial charge in [0.15, 0.2) is 0 Å². The van der Waals surface area contributed by atoms with Gasteiger partial charge in [-0.05, 0) is 48.1 Å². The molecular formula is C23H22Cl2N2O. The van der Waals surface area contributed by atoms with Gasteiger partial charge < -0.3 is 9.88 Å². The smallest absolute Gasteiger partial charge is 0.222 e. The third-order valence-corrected chi connectivity index (χ3v) is 5.85. The van der Waals surface area contributed by atoms with Gasteiger partial charge in [0, 0.05) is 36.1 Å². The number of carbonyl (C=O) groups is 1. The van der Waals surface area contributed by atoms with Crippen molar-refractivity contribution in [3.63, 3.8) is 0 Å². The number of carbonyl (C=O) groups excluding carboxylic acids is 1. The van der Waals surface area contributed by atoms with Gasteiger partial charge in [-0.25, -0.2) is 0 Å². The van der Waals surface area contributed by atoms with Gasteiger partial charge in [0.1, 0.15) is 0 Å². The van der Waals surface area contributed by atoms with Crippen LogP contribution in [0.4, 0.5) is 0 Å². The lowest BCUT2D eigenvalue weighted by molar-refractivity contribution is -0.130. The van der Waals surface area contributed by atoms with Gasteiger partial charge in [0.05, 0.1) is 10.5 Å². The van der Waals surface area contributed by atoms with Gasteiger partial charge in [0.2, 0.25) is 5.91 Å². The van der Waals surface area contributed by atoms with E-state index in [0.717, 1.165) is 42.3 Å². The molecule has 1 N–H and O–H groups in total. The summed E-state index contributed by atoms with van der Waals surface area (Å²) in [6.07, 6.45) is 7.24. The molecule has 1 aromatic heterocycles. The zero-order chi connectivity index (χ0) is 19.5. The first-order chi connectivity index (χ1) is 13.6. The molecule has 1 aliphatic heterocycles. The molecular weight excluding hydrogens is 391 g/mol. The largest absolute Gasteiger partial charge is 0.360 e. The van der Waals surface area contributed by atoms with Crippen LogP contribution in [0.25, 0.3) is 16.5 Å². The Bertz CT molecular complexity index is 1020. The number of hydrogen-bond acceptors (Lipinski definition) is 1. The number of hydrogen-bond donors (Lipinski definition) is 1. The van der Waals surface area contributed by atoms with Crippen molar-refractivity contribution in [2.24, 2.45) is 0 Å². The lowest BCUT2D eigenvalue weighted by atomic mass is 9.99. The first-order valence-electron chi connectivity index (χ1n) is 9.59. The van der Waals surface area contributed by atoms with Crippen LogP contribution in [-0.4, -0.2) is 28.9 Å². The summed E-state index contributed by atoms with van der Waals surface area (Å²) in [6.45, 7) is 1.49. The molecule has 144 valence electrons. The number of aryl methyl sites for hydroxylation is 1. The molecule has 0 atom stereocenters. The van der Waals surface area contributed by atoms with Crippen LogP contribution in [0.5, 0.6) is 0 Å². The number of benzene rings is 2. The number of halogens is 2. The van der Waals surface area contributed by atoms with Gasteiger partial charge in [-0.2, -0.15) is 0 Å². The molecule has 4 rings (SSSR count). The fourth-order valence-corrected chi connectivity index (χ4v) is 4.36. The Kier molecular flexibility index (Phi) is 5.74. The van der Waals surface area contributed by atoms with E-state index in [9.17, 15) is 4.79 Å². The SMILES string of the molecule is O=C(CCCc1c[nH]c2c(Cl)cc(Cl)cc12)N1CC=C(c2ccccc2)CC1. The van der Waals surface area contributed by atoms with Gasteiger partial charge in [-0.15, -0.1) is 0 Å². The Labute approximate surface area is 174 Å². The standard InChI is InChI=1S/C23H22Cl2N2O/c24-19-13-20-18(15-26-23(20)21(25)14-19)7-4-8-22(28)27-11-9-17(10-12-27)16-5-2-1-3-6-16/h1-3,5-6,9,13-15,26H,4,7-8,10-12H2. The molecule has 0 fully saturated rings. The number of nitrogens with zero attached hydrogens (tertiary/aromatic N) is 1. The molecule has 0 aliphatic carbocycles. The van der Waals surface area contributed by atoms with E-state index in [1.807, 2.05) is 23.2 Å². The molecule has 2 heterocycles. The lowest BCUT2D eigenvalue weighted by Crippen LogP contribution is -2.34. The summed E-state index contributed by atoms with van der Waals surface area (Å²) in [5.74, 6) is 0.222. The Morgan fingerprint density at radius 1 is 1.14 bits per heavy atom. The van der Waals surface area contributed by atoms with Crippen molar-refractivity contribution in [1.29, 1.82) is 0 Å². The number of amides is 1. The third kappa shape index (κ3) is 4.11.